The maximum absolute atomic E-state index is 5.96. The van der Waals surface area contributed by atoms with Crippen molar-refractivity contribution < 1.29 is 4.74 Å². The molecule has 0 saturated heterocycles. The summed E-state index contributed by atoms with van der Waals surface area (Å²) in [6.45, 7) is 0. The fraction of sp³-hybridized carbons (Fsp3) is 0.0833. The van der Waals surface area contributed by atoms with Crippen molar-refractivity contribution in [3.8, 4) is 5.88 Å². The van der Waals surface area contributed by atoms with E-state index in [4.69, 9.17) is 22.1 Å². The molecule has 0 aliphatic heterocycles. The molecular weight excluding hydrogens is 318 g/mol. The SMILES string of the molecule is COc1ncccc1Nc1cc(Br)c(Cl)cc1N. The van der Waals surface area contributed by atoms with E-state index in [9.17, 15) is 0 Å². The number of rotatable bonds is 3. The van der Waals surface area contributed by atoms with E-state index in [0.717, 1.165) is 15.8 Å². The molecular formula is C12H11BrClN3O. The van der Waals surface area contributed by atoms with Crippen LogP contribution < -0.4 is 15.8 Å². The van der Waals surface area contributed by atoms with Crippen LogP contribution >= 0.6 is 27.5 Å². The van der Waals surface area contributed by atoms with Crippen molar-refractivity contribution in [3.05, 3.63) is 40.0 Å². The van der Waals surface area contributed by atoms with Crippen molar-refractivity contribution in [1.82, 2.24) is 4.98 Å². The van der Waals surface area contributed by atoms with Crippen molar-refractivity contribution in [1.29, 1.82) is 0 Å². The molecule has 1 aromatic carbocycles. The summed E-state index contributed by atoms with van der Waals surface area (Å²) in [6.07, 6.45) is 1.66. The molecule has 0 atom stereocenters. The molecule has 0 spiro atoms. The molecule has 0 radical (unpaired) electrons. The second kappa shape index (κ2) is 5.46. The number of halogens is 2. The maximum atomic E-state index is 5.96. The lowest BCUT2D eigenvalue weighted by Crippen LogP contribution is -1.99. The van der Waals surface area contributed by atoms with E-state index in [2.05, 4.69) is 26.2 Å². The highest BCUT2D eigenvalue weighted by Gasteiger charge is 2.08. The number of nitrogens with zero attached hydrogens (tertiary/aromatic N) is 1. The summed E-state index contributed by atoms with van der Waals surface area (Å²) in [5.41, 5.74) is 7.92. The maximum Gasteiger partial charge on any atom is 0.237 e. The molecule has 0 bridgehead atoms. The summed E-state index contributed by atoms with van der Waals surface area (Å²) in [5.74, 6) is 0.503. The van der Waals surface area contributed by atoms with E-state index in [1.54, 1.807) is 19.4 Å². The van der Waals surface area contributed by atoms with Crippen molar-refractivity contribution in [2.75, 3.05) is 18.2 Å². The van der Waals surface area contributed by atoms with Crippen LogP contribution in [-0.2, 0) is 0 Å². The van der Waals surface area contributed by atoms with Gasteiger partial charge in [0.2, 0.25) is 5.88 Å². The average molecular weight is 329 g/mol. The number of pyridine rings is 1. The number of hydrogen-bond acceptors (Lipinski definition) is 4. The zero-order valence-electron chi connectivity index (χ0n) is 9.58. The van der Waals surface area contributed by atoms with Crippen LogP contribution in [0.25, 0.3) is 0 Å². The van der Waals surface area contributed by atoms with Crippen molar-refractivity contribution in [3.63, 3.8) is 0 Å². The van der Waals surface area contributed by atoms with E-state index in [1.807, 2.05) is 18.2 Å². The van der Waals surface area contributed by atoms with Gasteiger partial charge in [0.1, 0.15) is 5.69 Å². The Morgan fingerprint density at radius 1 is 1.39 bits per heavy atom. The van der Waals surface area contributed by atoms with Crippen molar-refractivity contribution in [2.24, 2.45) is 0 Å². The first-order chi connectivity index (χ1) is 8.61. The minimum absolute atomic E-state index is 0.503. The number of ether oxygens (including phenoxy) is 1. The van der Waals surface area contributed by atoms with Gasteiger partial charge in [0, 0.05) is 10.7 Å². The van der Waals surface area contributed by atoms with Crippen LogP contribution in [0.4, 0.5) is 17.1 Å². The van der Waals surface area contributed by atoms with Gasteiger partial charge in [-0.25, -0.2) is 4.98 Å². The summed E-state index contributed by atoms with van der Waals surface area (Å²) >= 11 is 9.31. The summed E-state index contributed by atoms with van der Waals surface area (Å²) in [6, 6.07) is 7.15. The van der Waals surface area contributed by atoms with Gasteiger partial charge >= 0.3 is 0 Å². The predicted molar refractivity (Wildman–Crippen MR) is 77.6 cm³/mol. The van der Waals surface area contributed by atoms with Crippen LogP contribution in [0, 0.1) is 0 Å². The van der Waals surface area contributed by atoms with E-state index in [-0.39, 0.29) is 0 Å². The molecule has 0 saturated carbocycles. The number of hydrogen-bond donors (Lipinski definition) is 2. The summed E-state index contributed by atoms with van der Waals surface area (Å²) in [5, 5.41) is 3.72. The largest absolute Gasteiger partial charge is 0.480 e. The first-order valence-electron chi connectivity index (χ1n) is 5.12. The molecule has 4 nitrogen and oxygen atoms in total. The Kier molecular flexibility index (Phi) is 3.93. The predicted octanol–water partition coefficient (Wildman–Crippen LogP) is 3.83. The van der Waals surface area contributed by atoms with Gasteiger partial charge in [-0.05, 0) is 40.2 Å². The number of methoxy groups -OCH3 is 1. The van der Waals surface area contributed by atoms with Gasteiger partial charge in [0.25, 0.3) is 0 Å². The summed E-state index contributed by atoms with van der Waals surface area (Å²) in [7, 11) is 1.56. The van der Waals surface area contributed by atoms with Crippen LogP contribution in [-0.4, -0.2) is 12.1 Å². The molecule has 0 aliphatic rings. The number of nitrogens with one attached hydrogen (secondary N) is 1. The standard InChI is InChI=1S/C12H11BrClN3O/c1-18-12-10(3-2-4-16-12)17-11-5-7(13)8(14)6-9(11)15/h2-6,17H,15H2,1H3. The highest BCUT2D eigenvalue weighted by Crippen LogP contribution is 2.34. The van der Waals surface area contributed by atoms with Crippen LogP contribution in [0.1, 0.15) is 0 Å². The minimum atomic E-state index is 0.503. The Hall–Kier alpha value is -1.46. The first-order valence-corrected chi connectivity index (χ1v) is 6.29. The number of aromatic nitrogens is 1. The molecule has 0 unspecified atom stereocenters. The van der Waals surface area contributed by atoms with Gasteiger partial charge in [-0.15, -0.1) is 0 Å². The van der Waals surface area contributed by atoms with E-state index < -0.39 is 0 Å². The van der Waals surface area contributed by atoms with Crippen LogP contribution in [0.3, 0.4) is 0 Å². The molecule has 3 N–H and O–H groups in total. The molecule has 0 fully saturated rings. The van der Waals surface area contributed by atoms with Crippen LogP contribution in [0.15, 0.2) is 34.9 Å². The number of nitrogen functional groups attached to an aromatic ring is 1. The molecule has 6 heteroatoms. The third-order valence-corrected chi connectivity index (χ3v) is 3.52. The van der Waals surface area contributed by atoms with Gasteiger partial charge in [-0.1, -0.05) is 11.6 Å². The Bertz CT molecular complexity index is 577. The molecule has 0 aliphatic carbocycles. The third-order valence-electron chi connectivity index (χ3n) is 2.33. The van der Waals surface area contributed by atoms with Crippen LogP contribution in [0.5, 0.6) is 5.88 Å². The molecule has 2 aromatic rings. The minimum Gasteiger partial charge on any atom is -0.480 e. The van der Waals surface area contributed by atoms with Gasteiger partial charge in [0.15, 0.2) is 0 Å². The van der Waals surface area contributed by atoms with Gasteiger partial charge in [-0.2, -0.15) is 0 Å². The first kappa shape index (κ1) is 13.0. The van der Waals surface area contributed by atoms with Gasteiger partial charge < -0.3 is 15.8 Å². The highest BCUT2D eigenvalue weighted by atomic mass is 79.9. The monoisotopic (exact) mass is 327 g/mol. The van der Waals surface area contributed by atoms with Crippen LogP contribution in [0.2, 0.25) is 5.02 Å². The molecule has 1 heterocycles. The average Bonchev–Trinajstić information content (AvgIpc) is 2.36. The molecule has 2 rings (SSSR count). The third kappa shape index (κ3) is 2.68. The Morgan fingerprint density at radius 2 is 2.17 bits per heavy atom. The van der Waals surface area contributed by atoms with E-state index in [0.29, 0.717) is 16.6 Å². The Morgan fingerprint density at radius 3 is 2.89 bits per heavy atom. The van der Waals surface area contributed by atoms with Gasteiger partial charge in [-0.3, -0.25) is 0 Å². The van der Waals surface area contributed by atoms with E-state index in [1.165, 1.54) is 0 Å². The summed E-state index contributed by atoms with van der Waals surface area (Å²) in [4.78, 5) is 4.10. The normalized spacial score (nSPS) is 10.2. The zero-order valence-corrected chi connectivity index (χ0v) is 11.9. The van der Waals surface area contributed by atoms with Crippen molar-refractivity contribution >= 4 is 44.6 Å². The summed E-state index contributed by atoms with van der Waals surface area (Å²) < 4.78 is 5.93. The molecule has 0 amide bonds. The molecule has 94 valence electrons. The van der Waals surface area contributed by atoms with Crippen molar-refractivity contribution in [2.45, 2.75) is 0 Å². The second-order valence-electron chi connectivity index (χ2n) is 3.54. The van der Waals surface area contributed by atoms with E-state index >= 15 is 0 Å². The fourth-order valence-electron chi connectivity index (χ4n) is 1.46. The number of benzene rings is 1. The topological polar surface area (TPSA) is 60.2 Å². The number of nitrogens with two attached hydrogens (primary N) is 1. The highest BCUT2D eigenvalue weighted by molar-refractivity contribution is 9.10. The van der Waals surface area contributed by atoms with Gasteiger partial charge in [0.05, 0.1) is 23.5 Å². The lowest BCUT2D eigenvalue weighted by Gasteiger charge is -2.12. The fourth-order valence-corrected chi connectivity index (χ4v) is 1.98. The number of anilines is 3. The smallest absolute Gasteiger partial charge is 0.237 e. The Labute approximate surface area is 118 Å². The molecule has 18 heavy (non-hydrogen) atoms. The molecule has 1 aromatic heterocycles. The lowest BCUT2D eigenvalue weighted by molar-refractivity contribution is 0.400. The quantitative estimate of drug-likeness (QED) is 0.841. The zero-order chi connectivity index (χ0) is 13.1. The lowest BCUT2D eigenvalue weighted by atomic mass is 10.2. The second-order valence-corrected chi connectivity index (χ2v) is 4.80. The Balaban J connectivity index is 2.37.